The number of hydrogen-bond donors (Lipinski definition) is 1. The van der Waals surface area contributed by atoms with Gasteiger partial charge in [-0.15, -0.1) is 0 Å². The molecule has 1 aromatic carbocycles. The van der Waals surface area contributed by atoms with E-state index in [-0.39, 0.29) is 5.91 Å². The summed E-state index contributed by atoms with van der Waals surface area (Å²) in [5.74, 6) is 0.471. The fraction of sp³-hybridized carbons (Fsp3) is 0.0526. The molecule has 0 aliphatic rings. The molecule has 0 aliphatic heterocycles. The van der Waals surface area contributed by atoms with Gasteiger partial charge in [-0.05, 0) is 31.2 Å². The minimum atomic E-state index is -0.236. The Hall–Kier alpha value is -3.54. The molecule has 3 aromatic heterocycles. The maximum Gasteiger partial charge on any atom is 0.257 e. The van der Waals surface area contributed by atoms with E-state index >= 15 is 0 Å². The fourth-order valence-corrected chi connectivity index (χ4v) is 2.60. The van der Waals surface area contributed by atoms with Gasteiger partial charge in [-0.1, -0.05) is 23.4 Å². The van der Waals surface area contributed by atoms with Crippen molar-refractivity contribution >= 4 is 22.5 Å². The number of carbonyl (C=O) groups is 1. The molecular formula is C19H14N4O2. The van der Waals surface area contributed by atoms with Crippen LogP contribution in [0.15, 0.2) is 65.4 Å². The van der Waals surface area contributed by atoms with Crippen LogP contribution in [0.2, 0.25) is 0 Å². The zero-order chi connectivity index (χ0) is 17.2. The molecule has 0 atom stereocenters. The average molecular weight is 330 g/mol. The van der Waals surface area contributed by atoms with Gasteiger partial charge in [0.15, 0.2) is 0 Å². The minimum absolute atomic E-state index is 0.236. The number of anilines is 1. The maximum absolute atomic E-state index is 12.7. The van der Waals surface area contributed by atoms with Gasteiger partial charge in [0.25, 0.3) is 5.91 Å². The highest BCUT2D eigenvalue weighted by Crippen LogP contribution is 2.23. The molecule has 4 aromatic rings. The van der Waals surface area contributed by atoms with Crippen LogP contribution >= 0.6 is 0 Å². The van der Waals surface area contributed by atoms with E-state index in [4.69, 9.17) is 4.52 Å². The highest BCUT2D eigenvalue weighted by Gasteiger charge is 2.14. The third-order valence-corrected chi connectivity index (χ3v) is 3.77. The molecule has 25 heavy (non-hydrogen) atoms. The molecule has 6 nitrogen and oxygen atoms in total. The van der Waals surface area contributed by atoms with Gasteiger partial charge in [0.05, 0.1) is 28.7 Å². The molecule has 0 spiro atoms. The molecule has 0 saturated carbocycles. The highest BCUT2D eigenvalue weighted by atomic mass is 16.5. The Labute approximate surface area is 143 Å². The topological polar surface area (TPSA) is 80.9 Å². The van der Waals surface area contributed by atoms with E-state index in [1.807, 2.05) is 37.3 Å². The molecule has 0 saturated heterocycles. The summed E-state index contributed by atoms with van der Waals surface area (Å²) in [6.45, 7) is 1.82. The lowest BCUT2D eigenvalue weighted by Gasteiger charge is -2.08. The summed E-state index contributed by atoms with van der Waals surface area (Å²) < 4.78 is 5.11. The van der Waals surface area contributed by atoms with Gasteiger partial charge in [-0.2, -0.15) is 0 Å². The van der Waals surface area contributed by atoms with Crippen LogP contribution in [-0.4, -0.2) is 21.0 Å². The van der Waals surface area contributed by atoms with Crippen LogP contribution in [-0.2, 0) is 0 Å². The summed E-state index contributed by atoms with van der Waals surface area (Å²) in [6, 6.07) is 14.6. The van der Waals surface area contributed by atoms with Crippen LogP contribution in [0.25, 0.3) is 22.3 Å². The first kappa shape index (κ1) is 15.0. The Kier molecular flexibility index (Phi) is 3.70. The van der Waals surface area contributed by atoms with Gasteiger partial charge in [0, 0.05) is 17.6 Å². The van der Waals surface area contributed by atoms with Gasteiger partial charge < -0.3 is 9.84 Å². The maximum atomic E-state index is 12.7. The summed E-state index contributed by atoms with van der Waals surface area (Å²) in [4.78, 5) is 21.3. The molecular weight excluding hydrogens is 316 g/mol. The number of hydrogen-bond acceptors (Lipinski definition) is 5. The van der Waals surface area contributed by atoms with Crippen LogP contribution in [0.1, 0.15) is 16.1 Å². The first-order chi connectivity index (χ1) is 12.2. The van der Waals surface area contributed by atoms with Crippen LogP contribution < -0.4 is 5.32 Å². The Morgan fingerprint density at radius 1 is 1.08 bits per heavy atom. The third-order valence-electron chi connectivity index (χ3n) is 3.77. The van der Waals surface area contributed by atoms with Crippen molar-refractivity contribution in [3.05, 3.63) is 72.2 Å². The lowest BCUT2D eigenvalue weighted by molar-refractivity contribution is 0.102. The second-order valence-electron chi connectivity index (χ2n) is 5.59. The summed E-state index contributed by atoms with van der Waals surface area (Å²) in [6.07, 6.45) is 3.25. The molecule has 1 amide bonds. The van der Waals surface area contributed by atoms with Crippen molar-refractivity contribution in [1.82, 2.24) is 15.1 Å². The number of para-hydroxylation sites is 1. The van der Waals surface area contributed by atoms with Crippen molar-refractivity contribution in [3.63, 3.8) is 0 Å². The molecule has 122 valence electrons. The SMILES string of the molecule is Cc1cc(-c2ccc3cccc(C(=O)Nc4cccnc4)c3n2)no1. The molecule has 0 radical (unpaired) electrons. The molecule has 4 rings (SSSR count). The smallest absolute Gasteiger partial charge is 0.257 e. The molecule has 6 heteroatoms. The Balaban J connectivity index is 1.76. The minimum Gasteiger partial charge on any atom is -0.361 e. The number of fused-ring (bicyclic) bond motifs is 1. The Morgan fingerprint density at radius 2 is 2.00 bits per heavy atom. The van der Waals surface area contributed by atoms with Crippen molar-refractivity contribution in [2.24, 2.45) is 0 Å². The average Bonchev–Trinajstić information content (AvgIpc) is 3.08. The summed E-state index contributed by atoms with van der Waals surface area (Å²) >= 11 is 0. The fourth-order valence-electron chi connectivity index (χ4n) is 2.60. The van der Waals surface area contributed by atoms with Gasteiger partial charge >= 0.3 is 0 Å². The number of benzene rings is 1. The van der Waals surface area contributed by atoms with E-state index in [1.54, 1.807) is 30.6 Å². The first-order valence-electron chi connectivity index (χ1n) is 7.75. The number of rotatable bonds is 3. The normalized spacial score (nSPS) is 10.8. The van der Waals surface area contributed by atoms with E-state index < -0.39 is 0 Å². The third kappa shape index (κ3) is 2.97. The van der Waals surface area contributed by atoms with Crippen molar-refractivity contribution in [1.29, 1.82) is 0 Å². The van der Waals surface area contributed by atoms with Crippen LogP contribution in [0.4, 0.5) is 5.69 Å². The monoisotopic (exact) mass is 330 g/mol. The van der Waals surface area contributed by atoms with Crippen LogP contribution in [0.5, 0.6) is 0 Å². The number of carbonyl (C=O) groups excluding carboxylic acids is 1. The molecule has 0 fully saturated rings. The number of aryl methyl sites for hydroxylation is 1. The van der Waals surface area contributed by atoms with Gasteiger partial charge in [0.1, 0.15) is 11.5 Å². The lowest BCUT2D eigenvalue weighted by atomic mass is 10.1. The van der Waals surface area contributed by atoms with Gasteiger partial charge in [0.2, 0.25) is 0 Å². The van der Waals surface area contributed by atoms with Gasteiger partial charge in [-0.25, -0.2) is 4.98 Å². The zero-order valence-corrected chi connectivity index (χ0v) is 13.4. The van der Waals surface area contributed by atoms with Crippen LogP contribution in [0, 0.1) is 6.92 Å². The van der Waals surface area contributed by atoms with E-state index in [9.17, 15) is 4.79 Å². The van der Waals surface area contributed by atoms with Gasteiger partial charge in [-0.3, -0.25) is 9.78 Å². The highest BCUT2D eigenvalue weighted by molar-refractivity contribution is 6.12. The summed E-state index contributed by atoms with van der Waals surface area (Å²) in [7, 11) is 0. The number of nitrogens with zero attached hydrogens (tertiary/aromatic N) is 3. The standard InChI is InChI=1S/C19H14N4O2/c1-12-10-17(23-25-12)16-8-7-13-4-2-6-15(18(13)22-16)19(24)21-14-5-3-9-20-11-14/h2-11H,1H3,(H,21,24). The molecule has 3 heterocycles. The number of aromatic nitrogens is 3. The Bertz CT molecular complexity index is 1060. The van der Waals surface area contributed by atoms with Crippen molar-refractivity contribution in [2.45, 2.75) is 6.92 Å². The van der Waals surface area contributed by atoms with Crippen molar-refractivity contribution < 1.29 is 9.32 Å². The summed E-state index contributed by atoms with van der Waals surface area (Å²) in [5, 5.41) is 7.70. The van der Waals surface area contributed by atoms with E-state index in [2.05, 4.69) is 20.4 Å². The predicted molar refractivity (Wildman–Crippen MR) is 94.2 cm³/mol. The number of pyridine rings is 2. The predicted octanol–water partition coefficient (Wildman–Crippen LogP) is 3.85. The van der Waals surface area contributed by atoms with Crippen molar-refractivity contribution in [3.8, 4) is 11.4 Å². The zero-order valence-electron chi connectivity index (χ0n) is 13.4. The first-order valence-corrected chi connectivity index (χ1v) is 7.75. The molecule has 0 aliphatic carbocycles. The van der Waals surface area contributed by atoms with E-state index in [1.165, 1.54) is 0 Å². The van der Waals surface area contributed by atoms with Crippen LogP contribution in [0.3, 0.4) is 0 Å². The molecule has 1 N–H and O–H groups in total. The number of nitrogens with one attached hydrogen (secondary N) is 1. The second-order valence-corrected chi connectivity index (χ2v) is 5.59. The molecule has 0 unspecified atom stereocenters. The lowest BCUT2D eigenvalue weighted by Crippen LogP contribution is -2.13. The van der Waals surface area contributed by atoms with E-state index in [0.29, 0.717) is 33.9 Å². The quantitative estimate of drug-likeness (QED) is 0.617. The summed E-state index contributed by atoms with van der Waals surface area (Å²) in [5.41, 5.74) is 3.03. The largest absolute Gasteiger partial charge is 0.361 e. The molecule has 0 bridgehead atoms. The van der Waals surface area contributed by atoms with Crippen molar-refractivity contribution in [2.75, 3.05) is 5.32 Å². The number of amides is 1. The Morgan fingerprint density at radius 3 is 2.76 bits per heavy atom. The second kappa shape index (κ2) is 6.16. The van der Waals surface area contributed by atoms with E-state index in [0.717, 1.165) is 5.39 Å².